The van der Waals surface area contributed by atoms with Crippen LogP contribution >= 0.6 is 0 Å². The molecule has 1 aromatic carbocycles. The van der Waals surface area contributed by atoms with Crippen LogP contribution in [0.2, 0.25) is 0 Å². The fourth-order valence-corrected chi connectivity index (χ4v) is 1.47. The molecule has 0 spiro atoms. The number of hydrogen-bond acceptors (Lipinski definition) is 4. The van der Waals surface area contributed by atoms with Crippen LogP contribution in [-0.4, -0.2) is 17.0 Å². The van der Waals surface area contributed by atoms with Gasteiger partial charge in [0.1, 0.15) is 0 Å². The number of nitro groups is 1. The summed E-state index contributed by atoms with van der Waals surface area (Å²) in [5.74, 6) is 0.513. The first-order chi connectivity index (χ1) is 8.20. The smallest absolute Gasteiger partial charge is 0.270 e. The summed E-state index contributed by atoms with van der Waals surface area (Å²) in [6.07, 6.45) is 1.62. The highest BCUT2D eigenvalue weighted by atomic mass is 16.6. The number of non-ortho nitro benzene ring substituents is 1. The van der Waals surface area contributed by atoms with Gasteiger partial charge in [-0.2, -0.15) is 0 Å². The number of aromatic nitrogens is 1. The molecule has 2 rings (SSSR count). The molecule has 0 saturated heterocycles. The summed E-state index contributed by atoms with van der Waals surface area (Å²) >= 11 is 0. The Labute approximate surface area is 97.8 Å². The number of pyridine rings is 1. The van der Waals surface area contributed by atoms with Crippen molar-refractivity contribution in [2.24, 2.45) is 0 Å². The van der Waals surface area contributed by atoms with Crippen LogP contribution in [0.25, 0.3) is 11.1 Å². The van der Waals surface area contributed by atoms with Crippen LogP contribution in [0.4, 0.5) is 5.69 Å². The summed E-state index contributed by atoms with van der Waals surface area (Å²) in [5.41, 5.74) is 1.64. The quantitative estimate of drug-likeness (QED) is 0.600. The van der Waals surface area contributed by atoms with E-state index in [0.29, 0.717) is 5.88 Å². The third-order valence-corrected chi connectivity index (χ3v) is 2.34. The van der Waals surface area contributed by atoms with Gasteiger partial charge in [-0.15, -0.1) is 0 Å². The fraction of sp³-hybridized carbons (Fsp3) is 0.0833. The molecule has 1 heterocycles. The number of nitro benzene ring substituents is 1. The molecule has 0 aliphatic heterocycles. The molecule has 17 heavy (non-hydrogen) atoms. The lowest BCUT2D eigenvalue weighted by Crippen LogP contribution is -1.89. The molecule has 1 aromatic heterocycles. The van der Waals surface area contributed by atoms with Crippen LogP contribution in [0.1, 0.15) is 0 Å². The molecule has 0 aliphatic carbocycles. The summed E-state index contributed by atoms with van der Waals surface area (Å²) in [6.45, 7) is 0. The summed E-state index contributed by atoms with van der Waals surface area (Å²) in [6, 6.07) is 9.96. The molecular weight excluding hydrogens is 220 g/mol. The number of benzene rings is 1. The van der Waals surface area contributed by atoms with Crippen LogP contribution in [0.3, 0.4) is 0 Å². The number of hydrogen-bond donors (Lipinski definition) is 0. The molecule has 2 aromatic rings. The van der Waals surface area contributed by atoms with E-state index in [0.717, 1.165) is 11.1 Å². The number of methoxy groups -OCH3 is 1. The van der Waals surface area contributed by atoms with Crippen LogP contribution in [-0.2, 0) is 0 Å². The van der Waals surface area contributed by atoms with E-state index in [4.69, 9.17) is 4.74 Å². The average molecular weight is 230 g/mol. The average Bonchev–Trinajstić information content (AvgIpc) is 2.39. The van der Waals surface area contributed by atoms with Gasteiger partial charge >= 0.3 is 0 Å². The van der Waals surface area contributed by atoms with E-state index < -0.39 is 4.92 Å². The van der Waals surface area contributed by atoms with Crippen LogP contribution in [0, 0.1) is 10.1 Å². The molecule has 0 N–H and O–H groups in total. The molecule has 86 valence electrons. The largest absolute Gasteiger partial charge is 0.481 e. The van der Waals surface area contributed by atoms with Crippen molar-refractivity contribution in [3.8, 4) is 17.0 Å². The minimum Gasteiger partial charge on any atom is -0.481 e. The van der Waals surface area contributed by atoms with Crippen molar-refractivity contribution in [3.63, 3.8) is 0 Å². The highest BCUT2D eigenvalue weighted by molar-refractivity contribution is 5.65. The normalized spacial score (nSPS) is 9.94. The van der Waals surface area contributed by atoms with Crippen molar-refractivity contribution in [1.82, 2.24) is 4.98 Å². The lowest BCUT2D eigenvalue weighted by molar-refractivity contribution is -0.384. The predicted octanol–water partition coefficient (Wildman–Crippen LogP) is 2.67. The third kappa shape index (κ3) is 2.39. The number of ether oxygens (including phenoxy) is 1. The topological polar surface area (TPSA) is 65.3 Å². The Bertz CT molecular complexity index is 538. The molecule has 5 heteroatoms. The van der Waals surface area contributed by atoms with E-state index in [1.807, 2.05) is 6.07 Å². The lowest BCUT2D eigenvalue weighted by atomic mass is 10.1. The summed E-state index contributed by atoms with van der Waals surface area (Å²) in [7, 11) is 1.54. The molecule has 5 nitrogen and oxygen atoms in total. The Morgan fingerprint density at radius 3 is 2.65 bits per heavy atom. The van der Waals surface area contributed by atoms with Crippen LogP contribution in [0.15, 0.2) is 42.6 Å². The van der Waals surface area contributed by atoms with E-state index in [1.165, 1.54) is 19.2 Å². The van der Waals surface area contributed by atoms with Crippen molar-refractivity contribution < 1.29 is 9.66 Å². The van der Waals surface area contributed by atoms with Crippen molar-refractivity contribution in [3.05, 3.63) is 52.7 Å². The Morgan fingerprint density at radius 1 is 1.24 bits per heavy atom. The van der Waals surface area contributed by atoms with Gasteiger partial charge in [0, 0.05) is 30.0 Å². The first-order valence-corrected chi connectivity index (χ1v) is 4.95. The maximum atomic E-state index is 10.7. The molecule has 0 bridgehead atoms. The fourth-order valence-electron chi connectivity index (χ4n) is 1.47. The Balaban J connectivity index is 2.38. The maximum absolute atomic E-state index is 10.7. The number of nitrogens with zero attached hydrogens (tertiary/aromatic N) is 2. The van der Waals surface area contributed by atoms with E-state index in [2.05, 4.69) is 4.98 Å². The lowest BCUT2D eigenvalue weighted by Gasteiger charge is -2.02. The molecule has 0 unspecified atom stereocenters. The van der Waals surface area contributed by atoms with Gasteiger partial charge in [0.05, 0.1) is 12.0 Å². The second-order valence-electron chi connectivity index (χ2n) is 3.40. The van der Waals surface area contributed by atoms with Gasteiger partial charge in [0.15, 0.2) is 0 Å². The van der Waals surface area contributed by atoms with E-state index in [9.17, 15) is 10.1 Å². The van der Waals surface area contributed by atoms with Crippen molar-refractivity contribution in [1.29, 1.82) is 0 Å². The second kappa shape index (κ2) is 4.61. The minimum atomic E-state index is -0.416. The Morgan fingerprint density at radius 2 is 2.06 bits per heavy atom. The highest BCUT2D eigenvalue weighted by Gasteiger charge is 2.07. The molecule has 0 amide bonds. The van der Waals surface area contributed by atoms with Crippen LogP contribution < -0.4 is 4.74 Å². The number of rotatable bonds is 3. The van der Waals surface area contributed by atoms with Crippen molar-refractivity contribution in [2.45, 2.75) is 0 Å². The third-order valence-electron chi connectivity index (χ3n) is 2.34. The molecule has 0 fully saturated rings. The van der Waals surface area contributed by atoms with E-state index >= 15 is 0 Å². The minimum absolute atomic E-state index is 0.0679. The first-order valence-electron chi connectivity index (χ1n) is 4.95. The maximum Gasteiger partial charge on any atom is 0.270 e. The summed E-state index contributed by atoms with van der Waals surface area (Å²) in [5, 5.41) is 10.7. The molecule has 0 aliphatic rings. The monoisotopic (exact) mass is 230 g/mol. The Kier molecular flexibility index (Phi) is 3.00. The van der Waals surface area contributed by atoms with E-state index in [-0.39, 0.29) is 5.69 Å². The van der Waals surface area contributed by atoms with Gasteiger partial charge in [-0.1, -0.05) is 12.1 Å². The highest BCUT2D eigenvalue weighted by Crippen LogP contribution is 2.24. The van der Waals surface area contributed by atoms with E-state index in [1.54, 1.807) is 24.4 Å². The predicted molar refractivity (Wildman–Crippen MR) is 62.9 cm³/mol. The molecule has 0 atom stereocenters. The molecule has 0 saturated carbocycles. The zero-order valence-corrected chi connectivity index (χ0v) is 9.16. The zero-order valence-electron chi connectivity index (χ0n) is 9.16. The SMILES string of the molecule is COc1ccc(-c2cccc([N+](=O)[O-])c2)cn1. The van der Waals surface area contributed by atoms with Gasteiger partial charge in [-0.3, -0.25) is 10.1 Å². The van der Waals surface area contributed by atoms with Crippen LogP contribution in [0.5, 0.6) is 5.88 Å². The summed E-state index contributed by atoms with van der Waals surface area (Å²) in [4.78, 5) is 14.3. The Hall–Kier alpha value is -2.43. The summed E-state index contributed by atoms with van der Waals surface area (Å²) < 4.78 is 4.95. The van der Waals surface area contributed by atoms with Gasteiger partial charge in [0.25, 0.3) is 5.69 Å². The standard InChI is InChI=1S/C12H10N2O3/c1-17-12-6-5-10(8-13-12)9-3-2-4-11(7-9)14(15)16/h2-8H,1H3. The van der Waals surface area contributed by atoms with Crippen molar-refractivity contribution in [2.75, 3.05) is 7.11 Å². The first kappa shape index (κ1) is 11.1. The molecule has 0 radical (unpaired) electrons. The van der Waals surface area contributed by atoms with Gasteiger partial charge < -0.3 is 4.74 Å². The van der Waals surface area contributed by atoms with Gasteiger partial charge in [-0.25, -0.2) is 4.98 Å². The second-order valence-corrected chi connectivity index (χ2v) is 3.40. The van der Waals surface area contributed by atoms with Gasteiger partial charge in [0.2, 0.25) is 5.88 Å². The van der Waals surface area contributed by atoms with Gasteiger partial charge in [-0.05, 0) is 11.6 Å². The van der Waals surface area contributed by atoms with Crippen molar-refractivity contribution >= 4 is 5.69 Å². The zero-order chi connectivity index (χ0) is 12.3. The molecular formula is C12H10N2O3.